The normalized spacial score (nSPS) is 36.1. The van der Waals surface area contributed by atoms with Crippen LogP contribution in [0, 0.1) is 12.8 Å². The molecule has 2 N–H and O–H groups in total. The van der Waals surface area contributed by atoms with E-state index in [1.54, 1.807) is 12.1 Å². The first-order chi connectivity index (χ1) is 17.3. The summed E-state index contributed by atoms with van der Waals surface area (Å²) in [4.78, 5) is 31.2. The Hall–Kier alpha value is -2.90. The number of aryl methyl sites for hydroxylation is 1. The highest BCUT2D eigenvalue weighted by Crippen LogP contribution is 2.66. The zero-order valence-electron chi connectivity index (χ0n) is 20.4. The summed E-state index contributed by atoms with van der Waals surface area (Å²) in [5, 5.41) is 23.5. The van der Waals surface area contributed by atoms with Crippen LogP contribution >= 0.6 is 0 Å². The van der Waals surface area contributed by atoms with Crippen LogP contribution in [0.1, 0.15) is 69.5 Å². The van der Waals surface area contributed by atoms with Crippen molar-refractivity contribution in [3.05, 3.63) is 58.1 Å². The second-order valence-electron chi connectivity index (χ2n) is 11.9. The number of aliphatic hydroxyl groups is 1. The Balaban J connectivity index is 1.28. The number of amides is 2. The van der Waals surface area contributed by atoms with Gasteiger partial charge in [0.05, 0.1) is 28.2 Å². The zero-order valence-corrected chi connectivity index (χ0v) is 20.4. The van der Waals surface area contributed by atoms with E-state index in [1.165, 1.54) is 17.7 Å². The molecule has 2 aromatic carbocycles. The second kappa shape index (κ2) is 6.69. The summed E-state index contributed by atoms with van der Waals surface area (Å²) >= 11 is 0. The number of phenolic OH excluding ortho intramolecular Hbond substituents is 1. The maximum atomic E-state index is 13.7. The van der Waals surface area contributed by atoms with Crippen LogP contribution in [0.2, 0.25) is 0 Å². The van der Waals surface area contributed by atoms with Crippen LogP contribution < -0.4 is 4.74 Å². The number of likely N-dealkylation sites (tertiary alicyclic amines) is 1. The quantitative estimate of drug-likeness (QED) is 0.649. The van der Waals surface area contributed by atoms with Crippen molar-refractivity contribution < 1.29 is 24.5 Å². The highest BCUT2D eigenvalue weighted by molar-refractivity contribution is 6.22. The number of aromatic hydroxyl groups is 1. The van der Waals surface area contributed by atoms with Gasteiger partial charge >= 0.3 is 0 Å². The van der Waals surface area contributed by atoms with E-state index in [4.69, 9.17) is 4.74 Å². The van der Waals surface area contributed by atoms with Gasteiger partial charge in [-0.1, -0.05) is 18.2 Å². The van der Waals surface area contributed by atoms with Crippen molar-refractivity contribution in [2.75, 3.05) is 13.1 Å². The molecule has 3 fully saturated rings. The van der Waals surface area contributed by atoms with Crippen LogP contribution in [0.25, 0.3) is 0 Å². The summed E-state index contributed by atoms with van der Waals surface area (Å²) in [6.07, 6.45) is 4.30. The number of carbonyl (C=O) groups is 2. The molecule has 6 aliphatic rings. The lowest BCUT2D eigenvalue weighted by Gasteiger charge is -2.64. The number of hydrogen-bond donors (Lipinski definition) is 2. The Kier molecular flexibility index (Phi) is 3.94. The van der Waals surface area contributed by atoms with Crippen LogP contribution in [0.3, 0.4) is 0 Å². The van der Waals surface area contributed by atoms with Crippen molar-refractivity contribution in [1.29, 1.82) is 0 Å². The first-order valence-electron chi connectivity index (χ1n) is 13.3. The number of phenols is 1. The SMILES string of the molecule is Cc1cccc2c1C(=O)N([C@@H]1CC[C@@]3(O)[C@@H]4Cc5ccc(O)c6c5[C@@]3(CCN4CC3CC3)[C@H]1O6)C2=O. The fourth-order valence-electron chi connectivity index (χ4n) is 8.49. The Bertz CT molecular complexity index is 1370. The van der Waals surface area contributed by atoms with Crippen LogP contribution in [-0.4, -0.2) is 68.7 Å². The number of carbonyl (C=O) groups excluding carboxylic acids is 2. The van der Waals surface area contributed by atoms with Crippen LogP contribution in [0.5, 0.6) is 11.5 Å². The number of rotatable bonds is 3. The van der Waals surface area contributed by atoms with Crippen LogP contribution in [-0.2, 0) is 11.8 Å². The summed E-state index contributed by atoms with van der Waals surface area (Å²) in [7, 11) is 0. The lowest BCUT2D eigenvalue weighted by molar-refractivity contribution is -0.196. The topological polar surface area (TPSA) is 90.3 Å². The lowest BCUT2D eigenvalue weighted by atomic mass is 9.48. The molecule has 0 unspecified atom stereocenters. The molecule has 36 heavy (non-hydrogen) atoms. The Labute approximate surface area is 209 Å². The van der Waals surface area contributed by atoms with Gasteiger partial charge in [-0.3, -0.25) is 19.4 Å². The molecule has 5 atom stereocenters. The van der Waals surface area contributed by atoms with Crippen molar-refractivity contribution in [3.63, 3.8) is 0 Å². The molecule has 1 spiro atoms. The first-order valence-corrected chi connectivity index (χ1v) is 13.3. The van der Waals surface area contributed by atoms with Gasteiger partial charge in [0, 0.05) is 18.2 Å². The van der Waals surface area contributed by atoms with Crippen molar-refractivity contribution in [2.45, 2.75) is 74.7 Å². The van der Waals surface area contributed by atoms with Gasteiger partial charge in [0.2, 0.25) is 0 Å². The molecule has 7 nitrogen and oxygen atoms in total. The van der Waals surface area contributed by atoms with Crippen LogP contribution in [0.4, 0.5) is 0 Å². The molecule has 2 bridgehead atoms. The highest BCUT2D eigenvalue weighted by atomic mass is 16.5. The molecule has 3 aliphatic heterocycles. The van der Waals surface area contributed by atoms with Gasteiger partial charge < -0.3 is 14.9 Å². The predicted octanol–water partition coefficient (Wildman–Crippen LogP) is 2.93. The standard InChI is InChI=1S/C29H30N2O5/c1-15-3-2-4-18-22(15)27(34)31(26(18)33)19-9-10-29(35)21-13-17-7-8-20(32)24-23(17)28(29,25(19)36-24)11-12-30(21)14-16-5-6-16/h2-4,7-8,16,19,21,25,32,35H,5-6,9-14H2,1H3/t19-,21+,25+,28+,29-/m1/s1. The largest absolute Gasteiger partial charge is 0.504 e. The van der Waals surface area contributed by atoms with Gasteiger partial charge in [0.15, 0.2) is 11.5 Å². The molecule has 3 heterocycles. The molecule has 2 aromatic rings. The summed E-state index contributed by atoms with van der Waals surface area (Å²) in [6.45, 7) is 3.71. The average Bonchev–Trinajstić information content (AvgIpc) is 3.54. The number of ether oxygens (including phenoxy) is 1. The van der Waals surface area contributed by atoms with E-state index in [9.17, 15) is 19.8 Å². The molecular formula is C29H30N2O5. The maximum Gasteiger partial charge on any atom is 0.262 e. The Morgan fingerprint density at radius 2 is 1.92 bits per heavy atom. The number of piperidine rings is 1. The minimum Gasteiger partial charge on any atom is -0.504 e. The Morgan fingerprint density at radius 1 is 1.08 bits per heavy atom. The smallest absolute Gasteiger partial charge is 0.262 e. The molecular weight excluding hydrogens is 456 g/mol. The minimum absolute atomic E-state index is 0.0358. The molecule has 2 saturated carbocycles. The number of imide groups is 1. The molecule has 0 radical (unpaired) electrons. The van der Waals surface area contributed by atoms with E-state index >= 15 is 0 Å². The molecule has 8 rings (SSSR count). The number of benzene rings is 2. The van der Waals surface area contributed by atoms with E-state index in [-0.39, 0.29) is 23.6 Å². The summed E-state index contributed by atoms with van der Waals surface area (Å²) in [5.74, 6) is 0.656. The van der Waals surface area contributed by atoms with E-state index < -0.39 is 23.2 Å². The zero-order chi connectivity index (χ0) is 24.6. The van der Waals surface area contributed by atoms with E-state index in [2.05, 4.69) is 4.90 Å². The number of hydrogen-bond acceptors (Lipinski definition) is 6. The van der Waals surface area contributed by atoms with E-state index in [0.29, 0.717) is 42.1 Å². The number of fused-ring (bicyclic) bond motifs is 1. The van der Waals surface area contributed by atoms with Crippen molar-refractivity contribution in [2.24, 2.45) is 5.92 Å². The maximum absolute atomic E-state index is 13.7. The van der Waals surface area contributed by atoms with Gasteiger partial charge in [-0.25, -0.2) is 0 Å². The molecule has 3 aliphatic carbocycles. The predicted molar refractivity (Wildman–Crippen MR) is 130 cm³/mol. The third kappa shape index (κ3) is 2.32. The third-order valence-electron chi connectivity index (χ3n) is 10.2. The van der Waals surface area contributed by atoms with Gasteiger partial charge in [0.1, 0.15) is 6.10 Å². The molecule has 186 valence electrons. The summed E-state index contributed by atoms with van der Waals surface area (Å²) < 4.78 is 6.58. The average molecular weight is 487 g/mol. The third-order valence-corrected chi connectivity index (χ3v) is 10.2. The molecule has 1 saturated heterocycles. The second-order valence-corrected chi connectivity index (χ2v) is 11.9. The Morgan fingerprint density at radius 3 is 2.69 bits per heavy atom. The van der Waals surface area contributed by atoms with Crippen molar-refractivity contribution in [3.8, 4) is 11.5 Å². The van der Waals surface area contributed by atoms with Crippen molar-refractivity contribution in [1.82, 2.24) is 9.80 Å². The molecule has 7 heteroatoms. The summed E-state index contributed by atoms with van der Waals surface area (Å²) in [5.41, 5.74) is 1.93. The van der Waals surface area contributed by atoms with Gasteiger partial charge in [-0.05, 0) is 81.2 Å². The van der Waals surface area contributed by atoms with Crippen LogP contribution in [0.15, 0.2) is 30.3 Å². The van der Waals surface area contributed by atoms with Gasteiger partial charge in [-0.15, -0.1) is 0 Å². The highest BCUT2D eigenvalue weighted by Gasteiger charge is 2.74. The first kappa shape index (κ1) is 21.2. The lowest BCUT2D eigenvalue weighted by Crippen LogP contribution is -2.78. The monoisotopic (exact) mass is 486 g/mol. The van der Waals surface area contributed by atoms with E-state index in [0.717, 1.165) is 36.2 Å². The fraction of sp³-hybridized carbons (Fsp3) is 0.517. The van der Waals surface area contributed by atoms with Gasteiger partial charge in [-0.2, -0.15) is 0 Å². The van der Waals surface area contributed by atoms with Gasteiger partial charge in [0.25, 0.3) is 11.8 Å². The molecule has 0 aromatic heterocycles. The van der Waals surface area contributed by atoms with E-state index in [1.807, 2.05) is 25.1 Å². The summed E-state index contributed by atoms with van der Waals surface area (Å²) in [6, 6.07) is 8.52. The minimum atomic E-state index is -1.04. The number of nitrogens with zero attached hydrogens (tertiary/aromatic N) is 2. The van der Waals surface area contributed by atoms with Crippen molar-refractivity contribution >= 4 is 11.8 Å². The molecule has 2 amide bonds. The fourth-order valence-corrected chi connectivity index (χ4v) is 8.49.